The first-order chi connectivity index (χ1) is 13.5. The first-order valence-electron chi connectivity index (χ1n) is 9.70. The molecule has 0 fully saturated rings. The molecule has 2 rings (SSSR count). The molecular formula is C22H32N4O3. The summed E-state index contributed by atoms with van der Waals surface area (Å²) in [6, 6.07) is 8.03. The molecule has 1 heterocycles. The number of hydrogen-bond donors (Lipinski definition) is 2. The zero-order valence-electron chi connectivity index (χ0n) is 18.4. The lowest BCUT2D eigenvalue weighted by Gasteiger charge is -2.19. The average Bonchev–Trinajstić information content (AvgIpc) is 2.98. The van der Waals surface area contributed by atoms with E-state index in [1.54, 1.807) is 4.68 Å². The van der Waals surface area contributed by atoms with Crippen LogP contribution in [0.1, 0.15) is 64.5 Å². The maximum absolute atomic E-state index is 11.5. The Morgan fingerprint density at radius 2 is 1.76 bits per heavy atom. The maximum Gasteiger partial charge on any atom is 0.183 e. The van der Waals surface area contributed by atoms with Crippen molar-refractivity contribution in [2.24, 2.45) is 5.10 Å². The van der Waals surface area contributed by atoms with Gasteiger partial charge in [0.2, 0.25) is 0 Å². The average molecular weight is 401 g/mol. The third-order valence-corrected chi connectivity index (χ3v) is 4.08. The third kappa shape index (κ3) is 6.85. The van der Waals surface area contributed by atoms with Crippen molar-refractivity contribution in [3.63, 3.8) is 0 Å². The lowest BCUT2D eigenvalue weighted by Crippen LogP contribution is -2.10. The minimum absolute atomic E-state index is 0.0344. The van der Waals surface area contributed by atoms with Crippen molar-refractivity contribution in [2.45, 2.75) is 60.4 Å². The fraction of sp³-hybridized carbons (Fsp3) is 0.455. The third-order valence-electron chi connectivity index (χ3n) is 4.08. The largest absolute Gasteiger partial charge is 0.504 e. The van der Waals surface area contributed by atoms with Crippen molar-refractivity contribution in [3.05, 3.63) is 35.5 Å². The summed E-state index contributed by atoms with van der Waals surface area (Å²) in [5, 5.41) is 18.0. The molecule has 0 saturated carbocycles. The lowest BCUT2D eigenvalue weighted by molar-refractivity contribution is -0.110. The highest BCUT2D eigenvalue weighted by atomic mass is 16.3. The second kappa shape index (κ2) is 10.5. The van der Waals surface area contributed by atoms with Crippen LogP contribution in [-0.4, -0.2) is 39.2 Å². The molecule has 7 heteroatoms. The molecule has 0 saturated heterocycles. The summed E-state index contributed by atoms with van der Waals surface area (Å²) >= 11 is 0. The summed E-state index contributed by atoms with van der Waals surface area (Å²) in [5.74, 6) is -0.300. The van der Waals surface area contributed by atoms with Crippen LogP contribution in [0.2, 0.25) is 0 Å². The van der Waals surface area contributed by atoms with E-state index in [0.29, 0.717) is 12.2 Å². The standard InChI is InChI=1S/C17H22N2O2.C5H10N2O/c1-6-19-15(16(21)14(18-19)11(2)20)12-7-9-13(10-8-12)17(3,4)5;1-3-6-7-4-5(2)8/h7-10,21H,6H2,1-5H3;4,6H,3H2,1-2H3. The van der Waals surface area contributed by atoms with Crippen LogP contribution >= 0.6 is 0 Å². The number of hydrogen-bond acceptors (Lipinski definition) is 6. The second-order valence-electron chi connectivity index (χ2n) is 7.63. The second-order valence-corrected chi connectivity index (χ2v) is 7.63. The smallest absolute Gasteiger partial charge is 0.183 e. The van der Waals surface area contributed by atoms with Gasteiger partial charge in [0.25, 0.3) is 0 Å². The Kier molecular flexibility index (Phi) is 8.76. The van der Waals surface area contributed by atoms with Crippen LogP contribution in [0.3, 0.4) is 0 Å². The van der Waals surface area contributed by atoms with Gasteiger partial charge in [0.05, 0.1) is 6.21 Å². The molecule has 0 aliphatic rings. The molecule has 158 valence electrons. The number of hydrazone groups is 1. The molecule has 0 bridgehead atoms. The van der Waals surface area contributed by atoms with Gasteiger partial charge in [0, 0.05) is 32.5 Å². The molecule has 0 amide bonds. The van der Waals surface area contributed by atoms with E-state index in [-0.39, 0.29) is 28.4 Å². The molecule has 2 N–H and O–H groups in total. The molecule has 7 nitrogen and oxygen atoms in total. The quantitative estimate of drug-likeness (QED) is 0.435. The summed E-state index contributed by atoms with van der Waals surface area (Å²) in [5.41, 5.74) is 5.52. The Morgan fingerprint density at radius 1 is 1.17 bits per heavy atom. The van der Waals surface area contributed by atoms with Crippen molar-refractivity contribution >= 4 is 17.8 Å². The number of aromatic hydroxyl groups is 1. The molecule has 0 aliphatic carbocycles. The highest BCUT2D eigenvalue weighted by Gasteiger charge is 2.21. The number of nitrogens with zero attached hydrogens (tertiary/aromatic N) is 3. The van der Waals surface area contributed by atoms with E-state index in [4.69, 9.17) is 0 Å². The van der Waals surface area contributed by atoms with Crippen molar-refractivity contribution < 1.29 is 14.7 Å². The van der Waals surface area contributed by atoms with Crippen LogP contribution in [0.5, 0.6) is 5.75 Å². The Hall–Kier alpha value is -2.96. The van der Waals surface area contributed by atoms with E-state index < -0.39 is 0 Å². The summed E-state index contributed by atoms with van der Waals surface area (Å²) in [6.45, 7) is 14.5. The molecular weight excluding hydrogens is 368 g/mol. The molecule has 1 aromatic heterocycles. The van der Waals surface area contributed by atoms with E-state index in [1.807, 2.05) is 26.0 Å². The minimum atomic E-state index is -0.229. The van der Waals surface area contributed by atoms with Gasteiger partial charge in [-0.25, -0.2) is 0 Å². The predicted octanol–water partition coefficient (Wildman–Crippen LogP) is 3.95. The first kappa shape index (κ1) is 24.1. The van der Waals surface area contributed by atoms with Crippen LogP contribution in [-0.2, 0) is 16.8 Å². The van der Waals surface area contributed by atoms with E-state index in [2.05, 4.69) is 48.5 Å². The summed E-state index contributed by atoms with van der Waals surface area (Å²) in [4.78, 5) is 21.7. The summed E-state index contributed by atoms with van der Waals surface area (Å²) in [6.07, 6.45) is 1.25. The highest BCUT2D eigenvalue weighted by molar-refractivity contribution is 6.26. The number of ketones is 2. The van der Waals surface area contributed by atoms with Crippen LogP contribution < -0.4 is 5.43 Å². The van der Waals surface area contributed by atoms with E-state index in [1.165, 1.54) is 25.6 Å². The maximum atomic E-state index is 11.5. The van der Waals surface area contributed by atoms with Gasteiger partial charge in [-0.15, -0.1) is 0 Å². The zero-order valence-corrected chi connectivity index (χ0v) is 18.4. The van der Waals surface area contributed by atoms with Gasteiger partial charge in [-0.05, 0) is 24.8 Å². The number of aromatic nitrogens is 2. The first-order valence-corrected chi connectivity index (χ1v) is 9.70. The lowest BCUT2D eigenvalue weighted by atomic mass is 9.86. The molecule has 0 radical (unpaired) electrons. The van der Waals surface area contributed by atoms with Crippen LogP contribution in [0.15, 0.2) is 29.4 Å². The summed E-state index contributed by atoms with van der Waals surface area (Å²) < 4.78 is 1.66. The van der Waals surface area contributed by atoms with Crippen molar-refractivity contribution in [1.29, 1.82) is 0 Å². The van der Waals surface area contributed by atoms with Crippen LogP contribution in [0.4, 0.5) is 0 Å². The molecule has 2 aromatic rings. The number of carbonyl (C=O) groups is 2. The van der Waals surface area contributed by atoms with E-state index in [0.717, 1.165) is 12.1 Å². The monoisotopic (exact) mass is 400 g/mol. The number of benzene rings is 1. The van der Waals surface area contributed by atoms with Crippen molar-refractivity contribution in [2.75, 3.05) is 6.54 Å². The normalized spacial score (nSPS) is 11.1. The van der Waals surface area contributed by atoms with Crippen molar-refractivity contribution in [3.8, 4) is 17.0 Å². The molecule has 1 aromatic carbocycles. The van der Waals surface area contributed by atoms with Gasteiger partial charge in [0.15, 0.2) is 23.0 Å². The predicted molar refractivity (Wildman–Crippen MR) is 117 cm³/mol. The summed E-state index contributed by atoms with van der Waals surface area (Å²) in [7, 11) is 0. The van der Waals surface area contributed by atoms with Gasteiger partial charge >= 0.3 is 0 Å². The number of carbonyl (C=O) groups excluding carboxylic acids is 2. The SMILES string of the molecule is CCNN=CC(C)=O.CCn1nc(C(C)=O)c(O)c1-c1ccc(C(C)(C)C)cc1. The fourth-order valence-corrected chi connectivity index (χ4v) is 2.56. The van der Waals surface area contributed by atoms with Gasteiger partial charge in [-0.2, -0.15) is 10.2 Å². The Balaban J connectivity index is 0.000000447. The number of aryl methyl sites for hydroxylation is 1. The van der Waals surface area contributed by atoms with Crippen molar-refractivity contribution in [1.82, 2.24) is 15.2 Å². The van der Waals surface area contributed by atoms with Crippen LogP contribution in [0.25, 0.3) is 11.3 Å². The van der Waals surface area contributed by atoms with E-state index in [9.17, 15) is 14.7 Å². The fourth-order valence-electron chi connectivity index (χ4n) is 2.56. The molecule has 0 spiro atoms. The Labute approximate surface area is 172 Å². The Morgan fingerprint density at radius 3 is 2.17 bits per heavy atom. The van der Waals surface area contributed by atoms with Crippen LogP contribution in [0, 0.1) is 0 Å². The topological polar surface area (TPSA) is 96.6 Å². The number of rotatable bonds is 6. The zero-order chi connectivity index (χ0) is 22.2. The van der Waals surface area contributed by atoms with E-state index >= 15 is 0 Å². The minimum Gasteiger partial charge on any atom is -0.504 e. The molecule has 0 atom stereocenters. The van der Waals surface area contributed by atoms with Gasteiger partial charge in [-0.3, -0.25) is 14.3 Å². The number of nitrogens with one attached hydrogen (secondary N) is 1. The molecule has 29 heavy (non-hydrogen) atoms. The van der Waals surface area contributed by atoms with Gasteiger partial charge < -0.3 is 10.5 Å². The Bertz CT molecular complexity index is 859. The molecule has 0 aliphatic heterocycles. The number of Topliss-reactive ketones (excluding diaryl/α,β-unsaturated/α-hetero) is 2. The molecule has 0 unspecified atom stereocenters. The highest BCUT2D eigenvalue weighted by Crippen LogP contribution is 2.34. The van der Waals surface area contributed by atoms with Gasteiger partial charge in [0.1, 0.15) is 5.69 Å². The van der Waals surface area contributed by atoms with Gasteiger partial charge in [-0.1, -0.05) is 45.0 Å².